The van der Waals surface area contributed by atoms with Gasteiger partial charge in [-0.3, -0.25) is 0 Å². The van der Waals surface area contributed by atoms with Gasteiger partial charge in [-0.05, 0) is 27.7 Å². The van der Waals surface area contributed by atoms with Gasteiger partial charge in [0.2, 0.25) is 0 Å². The van der Waals surface area contributed by atoms with Crippen molar-refractivity contribution in [2.75, 3.05) is 0 Å². The number of halogens is 1. The lowest BCUT2D eigenvalue weighted by Gasteiger charge is -2.27. The highest BCUT2D eigenvalue weighted by molar-refractivity contribution is 6.30. The van der Waals surface area contributed by atoms with E-state index in [9.17, 15) is 0 Å². The lowest BCUT2D eigenvalue weighted by atomic mass is 10.2. The van der Waals surface area contributed by atoms with Gasteiger partial charge in [0.05, 0.1) is 11.9 Å². The van der Waals surface area contributed by atoms with E-state index in [-0.39, 0.29) is 5.15 Å². The van der Waals surface area contributed by atoms with E-state index in [0.29, 0.717) is 23.6 Å². The SMILES string of the molecule is C#Cc1cnc(N=CN(C(C)C)C(C)C)nc1Cl. The van der Waals surface area contributed by atoms with Crippen molar-refractivity contribution in [3.8, 4) is 12.3 Å². The van der Waals surface area contributed by atoms with Gasteiger partial charge in [-0.25, -0.2) is 9.98 Å². The highest BCUT2D eigenvalue weighted by Crippen LogP contribution is 2.14. The molecule has 0 aromatic carbocycles. The molecule has 0 radical (unpaired) electrons. The van der Waals surface area contributed by atoms with E-state index in [2.05, 4.69) is 53.5 Å². The van der Waals surface area contributed by atoms with Gasteiger partial charge in [-0.1, -0.05) is 17.5 Å². The summed E-state index contributed by atoms with van der Waals surface area (Å²) in [5, 5.41) is 0.250. The lowest BCUT2D eigenvalue weighted by Crippen LogP contribution is -2.35. The fourth-order valence-electron chi connectivity index (χ4n) is 1.49. The Balaban J connectivity index is 2.90. The number of rotatable bonds is 4. The first-order chi connectivity index (χ1) is 8.45. The van der Waals surface area contributed by atoms with Crippen LogP contribution in [0, 0.1) is 12.3 Å². The standard InChI is InChI=1S/C13H17ClN4/c1-6-11-7-15-13(17-12(11)14)16-8-18(9(2)3)10(4)5/h1,7-10H,2-5H3. The molecule has 0 atom stereocenters. The maximum absolute atomic E-state index is 5.89. The van der Waals surface area contributed by atoms with Crippen LogP contribution in [0.25, 0.3) is 0 Å². The van der Waals surface area contributed by atoms with Crippen molar-refractivity contribution in [1.29, 1.82) is 0 Å². The van der Waals surface area contributed by atoms with Gasteiger partial charge in [-0.15, -0.1) is 6.42 Å². The quantitative estimate of drug-likeness (QED) is 0.363. The molecule has 0 N–H and O–H groups in total. The van der Waals surface area contributed by atoms with E-state index in [1.165, 1.54) is 6.20 Å². The molecule has 0 bridgehead atoms. The topological polar surface area (TPSA) is 41.4 Å². The van der Waals surface area contributed by atoms with Crippen LogP contribution < -0.4 is 0 Å². The third kappa shape index (κ3) is 3.71. The first-order valence-corrected chi connectivity index (χ1v) is 6.14. The summed E-state index contributed by atoms with van der Waals surface area (Å²) in [7, 11) is 0. The van der Waals surface area contributed by atoms with Gasteiger partial charge >= 0.3 is 0 Å². The summed E-state index contributed by atoms with van der Waals surface area (Å²) in [4.78, 5) is 14.4. The fraction of sp³-hybridized carbons (Fsp3) is 0.462. The molecule has 96 valence electrons. The van der Waals surface area contributed by atoms with Crippen LogP contribution in [0.2, 0.25) is 5.15 Å². The average Bonchev–Trinajstić information content (AvgIpc) is 2.28. The van der Waals surface area contributed by atoms with Crippen LogP contribution in [0.3, 0.4) is 0 Å². The number of terminal acetylenes is 1. The largest absolute Gasteiger partial charge is 0.358 e. The van der Waals surface area contributed by atoms with Gasteiger partial charge in [0.25, 0.3) is 5.95 Å². The van der Waals surface area contributed by atoms with E-state index in [1.54, 1.807) is 6.34 Å². The van der Waals surface area contributed by atoms with Crippen molar-refractivity contribution < 1.29 is 0 Å². The summed E-state index contributed by atoms with van der Waals surface area (Å²) in [5.41, 5.74) is 0.472. The van der Waals surface area contributed by atoms with E-state index < -0.39 is 0 Å². The Morgan fingerprint density at radius 2 is 2.00 bits per heavy atom. The average molecular weight is 265 g/mol. The first-order valence-electron chi connectivity index (χ1n) is 5.76. The third-order valence-electron chi connectivity index (χ3n) is 2.38. The van der Waals surface area contributed by atoms with Gasteiger partial charge < -0.3 is 4.90 Å². The fourth-order valence-corrected chi connectivity index (χ4v) is 1.67. The maximum Gasteiger partial charge on any atom is 0.252 e. The molecule has 0 saturated carbocycles. The molecule has 0 unspecified atom stereocenters. The highest BCUT2D eigenvalue weighted by atomic mass is 35.5. The molecule has 0 aliphatic heterocycles. The van der Waals surface area contributed by atoms with Crippen molar-refractivity contribution in [3.05, 3.63) is 16.9 Å². The zero-order chi connectivity index (χ0) is 13.7. The molecule has 5 heteroatoms. The molecule has 1 aromatic heterocycles. The van der Waals surface area contributed by atoms with Crippen molar-refractivity contribution in [1.82, 2.24) is 14.9 Å². The molecule has 0 aliphatic carbocycles. The summed E-state index contributed by atoms with van der Waals surface area (Å²) in [6.45, 7) is 8.39. The van der Waals surface area contributed by atoms with E-state index in [0.717, 1.165) is 0 Å². The van der Waals surface area contributed by atoms with Crippen LogP contribution in [0.1, 0.15) is 33.3 Å². The molecule has 0 fully saturated rings. The number of nitrogens with zero attached hydrogens (tertiary/aromatic N) is 4. The Morgan fingerprint density at radius 1 is 1.39 bits per heavy atom. The Bertz CT molecular complexity index is 466. The minimum absolute atomic E-state index is 0.250. The summed E-state index contributed by atoms with van der Waals surface area (Å²) in [6, 6.07) is 0.711. The molecule has 4 nitrogen and oxygen atoms in total. The molecular weight excluding hydrogens is 248 g/mol. The minimum Gasteiger partial charge on any atom is -0.358 e. The van der Waals surface area contributed by atoms with Gasteiger partial charge in [0, 0.05) is 18.3 Å². The van der Waals surface area contributed by atoms with Crippen molar-refractivity contribution in [3.63, 3.8) is 0 Å². The minimum atomic E-state index is 0.250. The Kier molecular flexibility index (Phi) is 5.11. The van der Waals surface area contributed by atoms with Crippen LogP contribution in [-0.2, 0) is 0 Å². The van der Waals surface area contributed by atoms with Gasteiger partial charge in [-0.2, -0.15) is 4.98 Å². The third-order valence-corrected chi connectivity index (χ3v) is 2.67. The molecule has 0 spiro atoms. The molecular formula is C13H17ClN4. The molecule has 1 aromatic rings. The zero-order valence-corrected chi connectivity index (χ0v) is 11.8. The van der Waals surface area contributed by atoms with E-state index in [4.69, 9.17) is 18.0 Å². The predicted octanol–water partition coefficient (Wildman–Crippen LogP) is 2.89. The van der Waals surface area contributed by atoms with Crippen molar-refractivity contribution in [2.24, 2.45) is 4.99 Å². The Labute approximate surface area is 113 Å². The number of aliphatic imine (C=N–C) groups is 1. The summed E-state index contributed by atoms with van der Waals surface area (Å²) < 4.78 is 0. The molecule has 18 heavy (non-hydrogen) atoms. The van der Waals surface area contributed by atoms with Crippen LogP contribution in [0.5, 0.6) is 0 Å². The highest BCUT2D eigenvalue weighted by Gasteiger charge is 2.09. The monoisotopic (exact) mass is 264 g/mol. The number of hydrogen-bond donors (Lipinski definition) is 0. The molecule has 1 heterocycles. The van der Waals surface area contributed by atoms with Crippen molar-refractivity contribution >= 4 is 23.9 Å². The second-order valence-corrected chi connectivity index (χ2v) is 4.76. The lowest BCUT2D eigenvalue weighted by molar-refractivity contribution is 0.301. The normalized spacial score (nSPS) is 11.2. The molecule has 0 saturated heterocycles. The zero-order valence-electron chi connectivity index (χ0n) is 11.1. The smallest absolute Gasteiger partial charge is 0.252 e. The van der Waals surface area contributed by atoms with Crippen LogP contribution in [0.15, 0.2) is 11.2 Å². The second-order valence-electron chi connectivity index (χ2n) is 4.40. The summed E-state index contributed by atoms with van der Waals surface area (Å²) in [6.07, 6.45) is 8.47. The van der Waals surface area contributed by atoms with Crippen LogP contribution in [0.4, 0.5) is 5.95 Å². The van der Waals surface area contributed by atoms with E-state index in [1.807, 2.05) is 0 Å². The van der Waals surface area contributed by atoms with Gasteiger partial charge in [0.1, 0.15) is 5.15 Å². The molecule has 0 amide bonds. The molecule has 1 rings (SSSR count). The first kappa shape index (κ1) is 14.5. The Hall–Kier alpha value is -1.60. The number of hydrogen-bond acceptors (Lipinski definition) is 3. The van der Waals surface area contributed by atoms with Gasteiger partial charge in [0.15, 0.2) is 0 Å². The Morgan fingerprint density at radius 3 is 2.44 bits per heavy atom. The summed E-state index contributed by atoms with van der Waals surface area (Å²) >= 11 is 5.89. The predicted molar refractivity (Wildman–Crippen MR) is 75.2 cm³/mol. The van der Waals surface area contributed by atoms with Crippen molar-refractivity contribution in [2.45, 2.75) is 39.8 Å². The van der Waals surface area contributed by atoms with Crippen LogP contribution >= 0.6 is 11.6 Å². The van der Waals surface area contributed by atoms with E-state index >= 15 is 0 Å². The summed E-state index contributed by atoms with van der Waals surface area (Å²) in [5.74, 6) is 2.72. The number of aromatic nitrogens is 2. The van der Waals surface area contributed by atoms with Crippen LogP contribution in [-0.4, -0.2) is 33.3 Å². The second kappa shape index (κ2) is 6.36. The maximum atomic E-state index is 5.89. The molecule has 0 aliphatic rings.